The number of anilines is 2. The molecular weight excluding hydrogens is 360 g/mol. The first-order valence-corrected chi connectivity index (χ1v) is 6.62. The van der Waals surface area contributed by atoms with Gasteiger partial charge in [0.15, 0.2) is 0 Å². The van der Waals surface area contributed by atoms with E-state index in [1.165, 1.54) is 12.1 Å². The monoisotopic (exact) mass is 371 g/mol. The molecule has 0 amide bonds. The van der Waals surface area contributed by atoms with Crippen molar-refractivity contribution in [3.63, 3.8) is 0 Å². The predicted octanol–water partition coefficient (Wildman–Crippen LogP) is 4.18. The molecule has 0 spiro atoms. The third-order valence-electron chi connectivity index (χ3n) is 2.67. The zero-order valence-corrected chi connectivity index (χ0v) is 12.2. The van der Waals surface area contributed by atoms with Gasteiger partial charge in [-0.05, 0) is 59.3 Å². The van der Waals surface area contributed by atoms with Crippen LogP contribution in [0.15, 0.2) is 36.4 Å². The fourth-order valence-corrected chi connectivity index (χ4v) is 2.51. The quantitative estimate of drug-likeness (QED) is 0.796. The Bertz CT molecular complexity index is 620. The molecule has 2 aromatic rings. The molecule has 0 saturated carbocycles. The van der Waals surface area contributed by atoms with Gasteiger partial charge < -0.3 is 10.4 Å². The number of para-hydroxylation sites is 1. The van der Waals surface area contributed by atoms with Crippen molar-refractivity contribution in [3.05, 3.63) is 56.9 Å². The highest BCUT2D eigenvalue weighted by Gasteiger charge is 2.13. The van der Waals surface area contributed by atoms with Gasteiger partial charge in [-0.25, -0.2) is 9.18 Å². The van der Waals surface area contributed by atoms with Gasteiger partial charge in [-0.2, -0.15) is 0 Å². The van der Waals surface area contributed by atoms with Gasteiger partial charge in [0.05, 0.1) is 16.9 Å². The standard InChI is InChI=1S/C14H11FINO2/c1-8-6-9(16)7-11(15)13(8)17-12-5-3-2-4-10(12)14(18)19/h2-7,17H,1H3,(H,18,19). The van der Waals surface area contributed by atoms with Crippen LogP contribution in [0.4, 0.5) is 15.8 Å². The Labute approximate surface area is 123 Å². The van der Waals surface area contributed by atoms with Crippen molar-refractivity contribution in [2.45, 2.75) is 6.92 Å². The van der Waals surface area contributed by atoms with Gasteiger partial charge >= 0.3 is 5.97 Å². The molecule has 2 rings (SSSR count). The maximum absolute atomic E-state index is 13.9. The number of nitrogens with one attached hydrogen (secondary N) is 1. The van der Waals surface area contributed by atoms with Crippen LogP contribution in [0.3, 0.4) is 0 Å². The number of aromatic carboxylic acids is 1. The molecule has 5 heteroatoms. The van der Waals surface area contributed by atoms with Crippen molar-refractivity contribution in [1.29, 1.82) is 0 Å². The number of carbonyl (C=O) groups is 1. The molecule has 3 nitrogen and oxygen atoms in total. The second kappa shape index (κ2) is 5.56. The summed E-state index contributed by atoms with van der Waals surface area (Å²) in [7, 11) is 0. The molecular formula is C14H11FINO2. The van der Waals surface area contributed by atoms with Gasteiger partial charge in [-0.3, -0.25) is 0 Å². The molecule has 19 heavy (non-hydrogen) atoms. The van der Waals surface area contributed by atoms with E-state index in [4.69, 9.17) is 5.11 Å². The average Bonchev–Trinajstić information content (AvgIpc) is 2.34. The minimum absolute atomic E-state index is 0.111. The molecule has 0 radical (unpaired) electrons. The molecule has 98 valence electrons. The van der Waals surface area contributed by atoms with Crippen molar-refractivity contribution in [1.82, 2.24) is 0 Å². The van der Waals surface area contributed by atoms with Gasteiger partial charge in [0.1, 0.15) is 5.82 Å². The molecule has 0 aliphatic carbocycles. The van der Waals surface area contributed by atoms with Crippen LogP contribution in [0.25, 0.3) is 0 Å². The van der Waals surface area contributed by atoms with E-state index in [2.05, 4.69) is 5.32 Å². The van der Waals surface area contributed by atoms with E-state index in [1.54, 1.807) is 25.1 Å². The summed E-state index contributed by atoms with van der Waals surface area (Å²) >= 11 is 2.03. The number of rotatable bonds is 3. The van der Waals surface area contributed by atoms with Crippen LogP contribution in [0, 0.1) is 16.3 Å². The van der Waals surface area contributed by atoms with Crippen molar-refractivity contribution in [2.75, 3.05) is 5.32 Å². The zero-order chi connectivity index (χ0) is 14.0. The number of aryl methyl sites for hydroxylation is 1. The molecule has 0 bridgehead atoms. The van der Waals surface area contributed by atoms with E-state index < -0.39 is 11.8 Å². The molecule has 0 atom stereocenters. The first-order valence-electron chi connectivity index (χ1n) is 5.54. The summed E-state index contributed by atoms with van der Waals surface area (Å²) in [5.41, 5.74) is 1.51. The highest BCUT2D eigenvalue weighted by atomic mass is 127. The lowest BCUT2D eigenvalue weighted by Crippen LogP contribution is -2.04. The van der Waals surface area contributed by atoms with E-state index in [1.807, 2.05) is 28.7 Å². The van der Waals surface area contributed by atoms with Gasteiger partial charge in [0, 0.05) is 3.57 Å². The Morgan fingerprint density at radius 2 is 2.00 bits per heavy atom. The van der Waals surface area contributed by atoms with E-state index in [0.29, 0.717) is 11.4 Å². The average molecular weight is 371 g/mol. The minimum atomic E-state index is -1.05. The molecule has 0 heterocycles. The smallest absolute Gasteiger partial charge is 0.337 e. The summed E-state index contributed by atoms with van der Waals surface area (Å²) in [5, 5.41) is 11.9. The molecule has 2 N–H and O–H groups in total. The summed E-state index contributed by atoms with van der Waals surface area (Å²) in [4.78, 5) is 11.1. The number of halogens is 2. The van der Waals surface area contributed by atoms with Crippen LogP contribution < -0.4 is 5.32 Å². The van der Waals surface area contributed by atoms with Crippen LogP contribution in [-0.4, -0.2) is 11.1 Å². The van der Waals surface area contributed by atoms with Crippen LogP contribution in [0.5, 0.6) is 0 Å². The van der Waals surface area contributed by atoms with Crippen LogP contribution in [0.2, 0.25) is 0 Å². The Hall–Kier alpha value is -1.63. The van der Waals surface area contributed by atoms with Gasteiger partial charge in [0.25, 0.3) is 0 Å². The maximum atomic E-state index is 13.9. The van der Waals surface area contributed by atoms with Crippen LogP contribution in [-0.2, 0) is 0 Å². The lowest BCUT2D eigenvalue weighted by atomic mass is 10.1. The molecule has 0 aliphatic heterocycles. The fourth-order valence-electron chi connectivity index (χ4n) is 1.77. The second-order valence-corrected chi connectivity index (χ2v) is 5.30. The topological polar surface area (TPSA) is 49.3 Å². The third kappa shape index (κ3) is 3.04. The minimum Gasteiger partial charge on any atom is -0.478 e. The highest BCUT2D eigenvalue weighted by Crippen LogP contribution is 2.27. The highest BCUT2D eigenvalue weighted by molar-refractivity contribution is 14.1. The van der Waals surface area contributed by atoms with E-state index >= 15 is 0 Å². The van der Waals surface area contributed by atoms with E-state index in [0.717, 1.165) is 9.13 Å². The summed E-state index contributed by atoms with van der Waals surface area (Å²) in [5.74, 6) is -1.45. The Morgan fingerprint density at radius 1 is 1.32 bits per heavy atom. The Kier molecular flexibility index (Phi) is 4.04. The number of hydrogen-bond donors (Lipinski definition) is 2. The largest absolute Gasteiger partial charge is 0.478 e. The van der Waals surface area contributed by atoms with Gasteiger partial charge in [-0.1, -0.05) is 12.1 Å². The first kappa shape index (κ1) is 13.8. The number of hydrogen-bond acceptors (Lipinski definition) is 2. The third-order valence-corrected chi connectivity index (χ3v) is 3.29. The fraction of sp³-hybridized carbons (Fsp3) is 0.0714. The van der Waals surface area contributed by atoms with E-state index in [-0.39, 0.29) is 5.56 Å². The lowest BCUT2D eigenvalue weighted by molar-refractivity contribution is 0.0698. The van der Waals surface area contributed by atoms with E-state index in [9.17, 15) is 9.18 Å². The Balaban J connectivity index is 2.45. The molecule has 0 aliphatic rings. The number of carboxylic acids is 1. The van der Waals surface area contributed by atoms with Gasteiger partial charge in [0.2, 0.25) is 0 Å². The van der Waals surface area contributed by atoms with Crippen molar-refractivity contribution < 1.29 is 14.3 Å². The Morgan fingerprint density at radius 3 is 2.63 bits per heavy atom. The zero-order valence-electron chi connectivity index (χ0n) is 10.1. The van der Waals surface area contributed by atoms with Crippen molar-refractivity contribution >= 4 is 39.9 Å². The summed E-state index contributed by atoms with van der Waals surface area (Å²) in [6.45, 7) is 1.77. The van der Waals surface area contributed by atoms with Gasteiger partial charge in [-0.15, -0.1) is 0 Å². The van der Waals surface area contributed by atoms with Crippen LogP contribution in [0.1, 0.15) is 15.9 Å². The molecule has 0 unspecified atom stereocenters. The SMILES string of the molecule is Cc1cc(I)cc(F)c1Nc1ccccc1C(=O)O. The number of benzene rings is 2. The van der Waals surface area contributed by atoms with Crippen molar-refractivity contribution in [3.8, 4) is 0 Å². The normalized spacial score (nSPS) is 10.3. The first-order chi connectivity index (χ1) is 8.99. The van der Waals surface area contributed by atoms with Crippen LogP contribution >= 0.6 is 22.6 Å². The molecule has 0 saturated heterocycles. The molecule has 2 aromatic carbocycles. The summed E-state index contributed by atoms with van der Waals surface area (Å²) in [6, 6.07) is 9.65. The number of carboxylic acid groups (broad SMARTS) is 1. The lowest BCUT2D eigenvalue weighted by Gasteiger charge is -2.13. The summed E-state index contributed by atoms with van der Waals surface area (Å²) in [6.07, 6.45) is 0. The molecule has 0 aromatic heterocycles. The second-order valence-electron chi connectivity index (χ2n) is 4.06. The van der Waals surface area contributed by atoms with Crippen molar-refractivity contribution in [2.24, 2.45) is 0 Å². The predicted molar refractivity (Wildman–Crippen MR) is 80.5 cm³/mol. The molecule has 0 fully saturated rings. The summed E-state index contributed by atoms with van der Waals surface area (Å²) < 4.78 is 14.7. The maximum Gasteiger partial charge on any atom is 0.337 e.